The van der Waals surface area contributed by atoms with Crippen molar-refractivity contribution in [1.82, 2.24) is 10.2 Å². The maximum absolute atomic E-state index is 13.1. The minimum absolute atomic E-state index is 0.0413. The number of esters is 1. The van der Waals surface area contributed by atoms with Crippen LogP contribution in [0.5, 0.6) is 0 Å². The average Bonchev–Trinajstić information content (AvgIpc) is 3.28. The number of hydrogen-bond donors (Lipinski definition) is 1. The number of carbonyl (C=O) groups is 1. The monoisotopic (exact) mass is 534 g/mol. The van der Waals surface area contributed by atoms with Crippen molar-refractivity contribution in [3.63, 3.8) is 0 Å². The molecule has 0 bridgehead atoms. The van der Waals surface area contributed by atoms with Gasteiger partial charge in [0.15, 0.2) is 0 Å². The Labute approximate surface area is 204 Å². The third kappa shape index (κ3) is 6.66. The Hall–Kier alpha value is -2.81. The second kappa shape index (κ2) is 11.3. The molecule has 0 saturated heterocycles. The van der Waals surface area contributed by atoms with Crippen molar-refractivity contribution in [2.45, 2.75) is 51.5 Å². The predicted octanol–water partition coefficient (Wildman–Crippen LogP) is 5.33. The van der Waals surface area contributed by atoms with E-state index in [4.69, 9.17) is 4.74 Å². The van der Waals surface area contributed by atoms with Crippen molar-refractivity contribution in [3.8, 4) is 0 Å². The first-order chi connectivity index (χ1) is 16.6. The van der Waals surface area contributed by atoms with E-state index in [2.05, 4.69) is 20.4 Å². The van der Waals surface area contributed by atoms with Crippen LogP contribution in [0.1, 0.15) is 54.9 Å². The van der Waals surface area contributed by atoms with Gasteiger partial charge in [0.25, 0.3) is 5.13 Å². The molecule has 2 heterocycles. The summed E-state index contributed by atoms with van der Waals surface area (Å²) in [4.78, 5) is 13.9. The SMILES string of the molecule is CCCCN1CCCc2cc(N=Nc3nnc(C(=O)OCCC)s3)c(NS(=O)(=O)C(F)(F)F)cc21. The van der Waals surface area contributed by atoms with E-state index in [1.165, 1.54) is 12.1 Å². The molecule has 15 heteroatoms. The lowest BCUT2D eigenvalue weighted by atomic mass is 10.00. The van der Waals surface area contributed by atoms with Crippen LogP contribution in [-0.2, 0) is 21.2 Å². The first-order valence-electron chi connectivity index (χ1n) is 11.0. The van der Waals surface area contributed by atoms with Gasteiger partial charge in [-0.25, -0.2) is 4.79 Å². The van der Waals surface area contributed by atoms with Gasteiger partial charge in [-0.1, -0.05) is 31.6 Å². The predicted molar refractivity (Wildman–Crippen MR) is 125 cm³/mol. The number of rotatable bonds is 10. The number of benzene rings is 1. The van der Waals surface area contributed by atoms with Gasteiger partial charge < -0.3 is 9.64 Å². The molecule has 0 atom stereocenters. The Morgan fingerprint density at radius 3 is 2.69 bits per heavy atom. The van der Waals surface area contributed by atoms with Gasteiger partial charge >= 0.3 is 21.5 Å². The largest absolute Gasteiger partial charge is 0.516 e. The number of alkyl halides is 3. The summed E-state index contributed by atoms with van der Waals surface area (Å²) in [6, 6.07) is 2.87. The van der Waals surface area contributed by atoms with Gasteiger partial charge in [0.05, 0.1) is 12.3 Å². The van der Waals surface area contributed by atoms with Crippen molar-refractivity contribution >= 4 is 49.5 Å². The zero-order valence-corrected chi connectivity index (χ0v) is 20.8. The van der Waals surface area contributed by atoms with Gasteiger partial charge in [-0.15, -0.1) is 20.4 Å². The minimum atomic E-state index is -5.69. The number of hydrogen-bond acceptors (Lipinski definition) is 10. The Balaban J connectivity index is 1.96. The van der Waals surface area contributed by atoms with E-state index in [-0.39, 0.29) is 28.1 Å². The number of ether oxygens (including phenoxy) is 1. The second-order valence-electron chi connectivity index (χ2n) is 7.72. The first-order valence-corrected chi connectivity index (χ1v) is 13.3. The Morgan fingerprint density at radius 1 is 1.23 bits per heavy atom. The molecular weight excluding hydrogens is 509 g/mol. The molecule has 0 saturated carbocycles. The molecule has 0 amide bonds. The third-order valence-electron chi connectivity index (χ3n) is 5.01. The van der Waals surface area contributed by atoms with Crippen LogP contribution in [0, 0.1) is 0 Å². The van der Waals surface area contributed by atoms with Gasteiger partial charge in [0.2, 0.25) is 5.01 Å². The van der Waals surface area contributed by atoms with Gasteiger partial charge in [-0.3, -0.25) is 4.72 Å². The van der Waals surface area contributed by atoms with Crippen LogP contribution in [0.25, 0.3) is 0 Å². The molecule has 192 valence electrons. The lowest BCUT2D eigenvalue weighted by Gasteiger charge is -2.32. The number of fused-ring (bicyclic) bond motifs is 1. The summed E-state index contributed by atoms with van der Waals surface area (Å²) in [7, 11) is -5.69. The molecule has 35 heavy (non-hydrogen) atoms. The van der Waals surface area contributed by atoms with E-state index >= 15 is 0 Å². The number of aryl methyl sites for hydroxylation is 1. The summed E-state index contributed by atoms with van der Waals surface area (Å²) in [6.45, 7) is 5.47. The number of carbonyl (C=O) groups excluding carboxylic acids is 1. The van der Waals surface area contributed by atoms with Crippen LogP contribution < -0.4 is 9.62 Å². The van der Waals surface area contributed by atoms with Crippen LogP contribution in [0.4, 0.5) is 35.4 Å². The highest BCUT2D eigenvalue weighted by molar-refractivity contribution is 7.93. The second-order valence-corrected chi connectivity index (χ2v) is 10.3. The normalized spacial score (nSPS) is 14.3. The van der Waals surface area contributed by atoms with Crippen LogP contribution in [0.2, 0.25) is 0 Å². The molecule has 1 aromatic heterocycles. The number of nitrogens with zero attached hydrogens (tertiary/aromatic N) is 5. The van der Waals surface area contributed by atoms with Crippen LogP contribution in [0.15, 0.2) is 22.4 Å². The number of azo groups is 1. The van der Waals surface area contributed by atoms with Crippen molar-refractivity contribution in [2.24, 2.45) is 10.2 Å². The molecule has 0 radical (unpaired) electrons. The topological polar surface area (TPSA) is 126 Å². The summed E-state index contributed by atoms with van der Waals surface area (Å²) >= 11 is 0.788. The molecule has 0 spiro atoms. The van der Waals surface area contributed by atoms with Crippen molar-refractivity contribution in [3.05, 3.63) is 22.7 Å². The zero-order chi connectivity index (χ0) is 25.6. The fourth-order valence-electron chi connectivity index (χ4n) is 3.34. The molecule has 10 nitrogen and oxygen atoms in total. The highest BCUT2D eigenvalue weighted by Gasteiger charge is 2.46. The molecule has 1 aromatic carbocycles. The van der Waals surface area contributed by atoms with E-state index in [1.54, 1.807) is 4.72 Å². The van der Waals surface area contributed by atoms with Gasteiger partial charge in [-0.2, -0.15) is 21.6 Å². The fraction of sp³-hybridized carbons (Fsp3) is 0.550. The molecule has 3 rings (SSSR count). The third-order valence-corrected chi connectivity index (χ3v) is 6.90. The maximum Gasteiger partial charge on any atom is 0.516 e. The van der Waals surface area contributed by atoms with Crippen LogP contribution >= 0.6 is 11.3 Å². The molecule has 0 fully saturated rings. The van der Waals surface area contributed by atoms with E-state index in [9.17, 15) is 26.4 Å². The zero-order valence-electron chi connectivity index (χ0n) is 19.1. The number of halogens is 3. The van der Waals surface area contributed by atoms with Crippen LogP contribution in [0.3, 0.4) is 0 Å². The maximum atomic E-state index is 13.1. The number of aromatic nitrogens is 2. The molecule has 1 N–H and O–H groups in total. The van der Waals surface area contributed by atoms with E-state index in [0.717, 1.165) is 36.2 Å². The smallest absolute Gasteiger partial charge is 0.460 e. The lowest BCUT2D eigenvalue weighted by molar-refractivity contribution is -0.0429. The number of anilines is 2. The Bertz CT molecular complexity index is 1180. The number of sulfonamides is 1. The summed E-state index contributed by atoms with van der Waals surface area (Å²) < 4.78 is 69.5. The summed E-state index contributed by atoms with van der Waals surface area (Å²) in [5.41, 5.74) is -4.51. The first kappa shape index (κ1) is 26.8. The van der Waals surface area contributed by atoms with Gasteiger partial charge in [0.1, 0.15) is 5.69 Å². The Kier molecular flexibility index (Phi) is 8.64. The van der Waals surface area contributed by atoms with Crippen LogP contribution in [-0.4, -0.2) is 49.8 Å². The quantitative estimate of drug-likeness (QED) is 0.322. The Morgan fingerprint density at radius 2 is 2.00 bits per heavy atom. The van der Waals surface area contributed by atoms with Crippen molar-refractivity contribution in [2.75, 3.05) is 29.3 Å². The molecule has 2 aromatic rings. The van der Waals surface area contributed by atoms with Gasteiger partial charge in [-0.05, 0) is 43.4 Å². The molecule has 1 aliphatic heterocycles. The number of unbranched alkanes of at least 4 members (excludes halogenated alkanes) is 1. The highest BCUT2D eigenvalue weighted by atomic mass is 32.2. The molecular formula is C20H25F3N6O4S2. The number of nitrogens with one attached hydrogen (secondary N) is 1. The van der Waals surface area contributed by atoms with Gasteiger partial charge in [0, 0.05) is 18.8 Å². The molecule has 1 aliphatic rings. The average molecular weight is 535 g/mol. The van der Waals surface area contributed by atoms with E-state index in [1.807, 2.05) is 18.7 Å². The summed E-state index contributed by atoms with van der Waals surface area (Å²) in [6.07, 6.45) is 3.92. The van der Waals surface area contributed by atoms with Crippen molar-refractivity contribution < 1.29 is 31.1 Å². The molecule has 0 aliphatic carbocycles. The highest BCUT2D eigenvalue weighted by Crippen LogP contribution is 2.39. The fourth-order valence-corrected chi connectivity index (χ4v) is 4.46. The summed E-state index contributed by atoms with van der Waals surface area (Å²) in [5.74, 6) is -0.676. The molecule has 0 unspecified atom stereocenters. The lowest BCUT2D eigenvalue weighted by Crippen LogP contribution is -2.32. The standard InChI is InChI=1S/C20H25F3N6O4S2/c1-3-5-8-29-9-6-7-13-11-14(15(12-16(13)29)28-35(31,32)20(21,22)23)24-26-19-27-25-17(34-19)18(30)33-10-4-2/h11-12,28H,3-10H2,1-2H3. The van der Waals surface area contributed by atoms with E-state index < -0.39 is 21.5 Å². The minimum Gasteiger partial charge on any atom is -0.460 e. The summed E-state index contributed by atoms with van der Waals surface area (Å²) in [5, 5.41) is 15.1. The van der Waals surface area contributed by atoms with Crippen molar-refractivity contribution in [1.29, 1.82) is 0 Å². The van der Waals surface area contributed by atoms with E-state index in [0.29, 0.717) is 31.6 Å².